The topological polar surface area (TPSA) is 110 Å². The molecule has 0 radical (unpaired) electrons. The van der Waals surface area contributed by atoms with E-state index in [-0.39, 0.29) is 5.82 Å². The lowest BCUT2D eigenvalue weighted by Crippen LogP contribution is -2.20. The first-order chi connectivity index (χ1) is 22.5. The molecule has 9 nitrogen and oxygen atoms in total. The van der Waals surface area contributed by atoms with Gasteiger partial charge in [0.05, 0.1) is 22.2 Å². The molecule has 0 aliphatic carbocycles. The van der Waals surface area contributed by atoms with Crippen LogP contribution in [0.5, 0.6) is 0 Å². The number of imidazole rings is 1. The molecule has 4 N–H and O–H groups in total. The summed E-state index contributed by atoms with van der Waals surface area (Å²) in [5, 5.41) is 14.5. The molecule has 0 atom stereocenters. The van der Waals surface area contributed by atoms with E-state index in [4.69, 9.17) is 9.97 Å². The summed E-state index contributed by atoms with van der Waals surface area (Å²) < 4.78 is 14.7. The summed E-state index contributed by atoms with van der Waals surface area (Å²) in [6.45, 7) is 3.01. The summed E-state index contributed by atoms with van der Waals surface area (Å²) in [5.41, 5.74) is 9.97. The largest absolute Gasteiger partial charge is 0.384 e. The normalized spacial score (nSPS) is 11.6. The second-order valence-electron chi connectivity index (χ2n) is 11.6. The van der Waals surface area contributed by atoms with Crippen molar-refractivity contribution in [2.45, 2.75) is 13.1 Å². The summed E-state index contributed by atoms with van der Waals surface area (Å²) in [6, 6.07) is 27.2. The van der Waals surface area contributed by atoms with Gasteiger partial charge in [0.1, 0.15) is 11.3 Å². The highest BCUT2D eigenvalue weighted by Crippen LogP contribution is 2.33. The van der Waals surface area contributed by atoms with Gasteiger partial charge in [0.15, 0.2) is 11.5 Å². The number of hydrogen-bond donors (Lipinski definition) is 4. The van der Waals surface area contributed by atoms with E-state index in [2.05, 4.69) is 53.9 Å². The number of para-hydroxylation sites is 1. The fourth-order valence-electron chi connectivity index (χ4n) is 5.54. The van der Waals surface area contributed by atoms with Gasteiger partial charge in [0.2, 0.25) is 0 Å². The SMILES string of the molecule is CN(C)CCNc1cc(F)cc(-c2cccc3[nH]c(-c4n[nH]c5ccc(-c6cncc(CNCc7ccccc7)c6)nc45)nc23)c1. The van der Waals surface area contributed by atoms with E-state index in [0.29, 0.717) is 30.1 Å². The van der Waals surface area contributed by atoms with Crippen molar-refractivity contribution in [1.82, 2.24) is 40.3 Å². The van der Waals surface area contributed by atoms with Gasteiger partial charge in [0.25, 0.3) is 0 Å². The lowest BCUT2D eigenvalue weighted by Gasteiger charge is -2.13. The van der Waals surface area contributed by atoms with Crippen LogP contribution in [-0.4, -0.2) is 62.2 Å². The van der Waals surface area contributed by atoms with E-state index in [1.165, 1.54) is 17.7 Å². The third kappa shape index (κ3) is 6.35. The van der Waals surface area contributed by atoms with Crippen LogP contribution < -0.4 is 10.6 Å². The van der Waals surface area contributed by atoms with Crippen molar-refractivity contribution in [2.75, 3.05) is 32.5 Å². The molecule has 0 saturated carbocycles. The quantitative estimate of drug-likeness (QED) is 0.130. The highest BCUT2D eigenvalue weighted by molar-refractivity contribution is 5.96. The van der Waals surface area contributed by atoms with Gasteiger partial charge < -0.3 is 20.5 Å². The van der Waals surface area contributed by atoms with E-state index in [0.717, 1.165) is 63.3 Å². The number of nitrogens with one attached hydrogen (secondary N) is 4. The van der Waals surface area contributed by atoms with Crippen molar-refractivity contribution in [1.29, 1.82) is 0 Å². The third-order valence-corrected chi connectivity index (χ3v) is 7.83. The zero-order valence-electron chi connectivity index (χ0n) is 25.7. The predicted octanol–water partition coefficient (Wildman–Crippen LogP) is 6.63. The monoisotopic (exact) mass is 611 g/mol. The number of benzene rings is 3. The first-order valence-corrected chi connectivity index (χ1v) is 15.2. The highest BCUT2D eigenvalue weighted by Gasteiger charge is 2.17. The molecule has 4 heterocycles. The number of halogens is 1. The fraction of sp³-hybridized carbons (Fsp3) is 0.167. The first kappa shape index (κ1) is 29.3. The maximum absolute atomic E-state index is 14.7. The Balaban J connectivity index is 1.17. The molecule has 0 amide bonds. The van der Waals surface area contributed by atoms with Crippen molar-refractivity contribution < 1.29 is 4.39 Å². The molecule has 0 unspecified atom stereocenters. The van der Waals surface area contributed by atoms with Crippen LogP contribution in [0.15, 0.2) is 97.3 Å². The average Bonchev–Trinajstić information content (AvgIpc) is 3.69. The van der Waals surface area contributed by atoms with Crippen LogP contribution in [0.25, 0.3) is 56.0 Å². The molecule has 4 aromatic heterocycles. The van der Waals surface area contributed by atoms with E-state index < -0.39 is 0 Å². The van der Waals surface area contributed by atoms with Crippen LogP contribution in [0.4, 0.5) is 10.1 Å². The molecule has 0 fully saturated rings. The number of fused-ring (bicyclic) bond motifs is 2. The van der Waals surface area contributed by atoms with Gasteiger partial charge in [-0.05, 0) is 73.3 Å². The molecule has 10 heteroatoms. The van der Waals surface area contributed by atoms with Crippen molar-refractivity contribution in [2.24, 2.45) is 0 Å². The van der Waals surface area contributed by atoms with Gasteiger partial charge in [-0.25, -0.2) is 14.4 Å². The number of rotatable bonds is 11. The minimum atomic E-state index is -0.307. The van der Waals surface area contributed by atoms with E-state index in [9.17, 15) is 4.39 Å². The Bertz CT molecular complexity index is 2120. The van der Waals surface area contributed by atoms with Gasteiger partial charge in [-0.1, -0.05) is 42.5 Å². The van der Waals surface area contributed by atoms with Gasteiger partial charge in [-0.3, -0.25) is 10.1 Å². The van der Waals surface area contributed by atoms with Crippen molar-refractivity contribution >= 4 is 27.8 Å². The second kappa shape index (κ2) is 12.9. The molecule has 0 aliphatic heterocycles. The third-order valence-electron chi connectivity index (χ3n) is 7.83. The zero-order valence-corrected chi connectivity index (χ0v) is 25.7. The van der Waals surface area contributed by atoms with Crippen molar-refractivity contribution in [3.63, 3.8) is 0 Å². The molecule has 7 aromatic rings. The molecule has 0 spiro atoms. The number of aromatic nitrogens is 6. The Labute approximate surface area is 266 Å². The molecule has 230 valence electrons. The Hall–Kier alpha value is -5.45. The molecule has 0 aliphatic rings. The van der Waals surface area contributed by atoms with Crippen LogP contribution in [-0.2, 0) is 13.1 Å². The molecule has 0 bridgehead atoms. The Morgan fingerprint density at radius 3 is 2.52 bits per heavy atom. The van der Waals surface area contributed by atoms with Gasteiger partial charge in [0, 0.05) is 55.4 Å². The Kier molecular flexibility index (Phi) is 8.20. The Morgan fingerprint density at radius 2 is 1.65 bits per heavy atom. The standard InChI is InChI=1S/C36H34FN9/c1-46(2)14-13-40-28-17-25(16-27(37)18-28)29-9-6-10-31-33(29)43-36(42-31)35-34-32(44-45-35)12-11-30(41-34)26-15-24(21-39-22-26)20-38-19-23-7-4-3-5-8-23/h3-12,15-18,21-22,38,40H,13-14,19-20H2,1-2H3,(H,42,43)(H,44,45). The molecule has 3 aromatic carbocycles. The van der Waals surface area contributed by atoms with Crippen LogP contribution >= 0.6 is 0 Å². The van der Waals surface area contributed by atoms with E-state index >= 15 is 0 Å². The molecular weight excluding hydrogens is 577 g/mol. The summed E-state index contributed by atoms with van der Waals surface area (Å²) >= 11 is 0. The van der Waals surface area contributed by atoms with Crippen LogP contribution in [0.1, 0.15) is 11.1 Å². The van der Waals surface area contributed by atoms with Gasteiger partial charge in [-0.2, -0.15) is 5.10 Å². The maximum atomic E-state index is 14.7. The second-order valence-corrected chi connectivity index (χ2v) is 11.6. The minimum Gasteiger partial charge on any atom is -0.384 e. The molecule has 0 saturated heterocycles. The molecule has 7 rings (SSSR count). The summed E-state index contributed by atoms with van der Waals surface area (Å²) in [7, 11) is 4.02. The molecular formula is C36H34FN9. The minimum absolute atomic E-state index is 0.307. The fourth-order valence-corrected chi connectivity index (χ4v) is 5.54. The van der Waals surface area contributed by atoms with E-state index in [1.807, 2.05) is 81.1 Å². The Morgan fingerprint density at radius 1 is 0.783 bits per heavy atom. The maximum Gasteiger partial charge on any atom is 0.161 e. The van der Waals surface area contributed by atoms with Crippen LogP contribution in [0.2, 0.25) is 0 Å². The van der Waals surface area contributed by atoms with Crippen LogP contribution in [0.3, 0.4) is 0 Å². The zero-order chi connectivity index (χ0) is 31.5. The number of aromatic amines is 2. The smallest absolute Gasteiger partial charge is 0.161 e. The number of anilines is 1. The van der Waals surface area contributed by atoms with E-state index in [1.54, 1.807) is 0 Å². The summed E-state index contributed by atoms with van der Waals surface area (Å²) in [6.07, 6.45) is 3.70. The van der Waals surface area contributed by atoms with Crippen molar-refractivity contribution in [3.8, 4) is 33.9 Å². The van der Waals surface area contributed by atoms with Gasteiger partial charge in [-0.15, -0.1) is 0 Å². The van der Waals surface area contributed by atoms with Gasteiger partial charge >= 0.3 is 0 Å². The predicted molar refractivity (Wildman–Crippen MR) is 182 cm³/mol. The number of H-pyrrole nitrogens is 2. The first-order valence-electron chi connectivity index (χ1n) is 15.2. The number of nitrogens with zero attached hydrogens (tertiary/aromatic N) is 5. The number of hydrogen-bond acceptors (Lipinski definition) is 7. The lowest BCUT2D eigenvalue weighted by molar-refractivity contribution is 0.425. The summed E-state index contributed by atoms with van der Waals surface area (Å²) in [4.78, 5) is 19.9. The summed E-state index contributed by atoms with van der Waals surface area (Å²) in [5.74, 6) is 0.272. The van der Waals surface area contributed by atoms with Crippen LogP contribution in [0, 0.1) is 5.82 Å². The number of likely N-dealkylation sites (N-methyl/N-ethyl adjacent to an activating group) is 1. The average molecular weight is 612 g/mol. The van der Waals surface area contributed by atoms with Crippen molar-refractivity contribution in [3.05, 3.63) is 114 Å². The highest BCUT2D eigenvalue weighted by atomic mass is 19.1. The number of pyridine rings is 2. The molecule has 46 heavy (non-hydrogen) atoms. The lowest BCUT2D eigenvalue weighted by atomic mass is 10.0.